The lowest BCUT2D eigenvalue weighted by atomic mass is 9.94. The van der Waals surface area contributed by atoms with Crippen LogP contribution in [0.1, 0.15) is 18.9 Å². The zero-order valence-electron chi connectivity index (χ0n) is 9.52. The van der Waals surface area contributed by atoms with E-state index in [0.29, 0.717) is 12.3 Å². The highest BCUT2D eigenvalue weighted by molar-refractivity contribution is 5.85. The summed E-state index contributed by atoms with van der Waals surface area (Å²) in [6.45, 7) is 2.12. The van der Waals surface area contributed by atoms with Crippen molar-refractivity contribution in [1.82, 2.24) is 0 Å². The fraction of sp³-hybridized carbons (Fsp3) is 0.267. The first-order valence-electron chi connectivity index (χ1n) is 5.71. The van der Waals surface area contributed by atoms with Crippen LogP contribution >= 0.6 is 0 Å². The molecule has 2 aromatic rings. The minimum Gasteiger partial charge on any atom is -0.303 e. The molecule has 0 aliphatic heterocycles. The SMILES string of the molecule is C[C@@H](CC=O)Cc1cccc2ccccc12. The van der Waals surface area contributed by atoms with E-state index in [2.05, 4.69) is 49.4 Å². The van der Waals surface area contributed by atoms with Gasteiger partial charge in [-0.1, -0.05) is 49.4 Å². The summed E-state index contributed by atoms with van der Waals surface area (Å²) in [5, 5.41) is 2.58. The van der Waals surface area contributed by atoms with Crippen LogP contribution in [0.15, 0.2) is 42.5 Å². The molecule has 0 unspecified atom stereocenters. The second-order valence-corrected chi connectivity index (χ2v) is 4.35. The minimum atomic E-state index is 0.420. The van der Waals surface area contributed by atoms with Crippen LogP contribution in [0.2, 0.25) is 0 Å². The highest BCUT2D eigenvalue weighted by Gasteiger charge is 2.05. The molecule has 0 amide bonds. The fourth-order valence-corrected chi connectivity index (χ4v) is 2.09. The van der Waals surface area contributed by atoms with Gasteiger partial charge in [-0.05, 0) is 28.7 Å². The van der Waals surface area contributed by atoms with Gasteiger partial charge < -0.3 is 4.79 Å². The van der Waals surface area contributed by atoms with E-state index in [1.54, 1.807) is 0 Å². The van der Waals surface area contributed by atoms with Gasteiger partial charge in [0.25, 0.3) is 0 Å². The molecule has 1 atom stereocenters. The molecule has 0 bridgehead atoms. The quantitative estimate of drug-likeness (QED) is 0.707. The van der Waals surface area contributed by atoms with Gasteiger partial charge in [-0.3, -0.25) is 0 Å². The van der Waals surface area contributed by atoms with E-state index in [1.807, 2.05) is 0 Å². The molecular weight excluding hydrogens is 196 g/mol. The zero-order chi connectivity index (χ0) is 11.4. The number of carbonyl (C=O) groups is 1. The first kappa shape index (κ1) is 10.9. The number of hydrogen-bond donors (Lipinski definition) is 0. The summed E-state index contributed by atoms with van der Waals surface area (Å²) < 4.78 is 0. The van der Waals surface area contributed by atoms with E-state index in [9.17, 15) is 4.79 Å². The molecule has 0 aliphatic rings. The van der Waals surface area contributed by atoms with Crippen LogP contribution in [0.3, 0.4) is 0 Å². The monoisotopic (exact) mass is 212 g/mol. The Kier molecular flexibility index (Phi) is 3.35. The molecule has 1 heteroatoms. The Hall–Kier alpha value is -1.63. The van der Waals surface area contributed by atoms with E-state index >= 15 is 0 Å². The van der Waals surface area contributed by atoms with Crippen molar-refractivity contribution >= 4 is 17.1 Å². The maximum absolute atomic E-state index is 10.5. The van der Waals surface area contributed by atoms with E-state index < -0.39 is 0 Å². The normalized spacial score (nSPS) is 12.6. The number of carbonyl (C=O) groups excluding carboxylic acids is 1. The summed E-state index contributed by atoms with van der Waals surface area (Å²) in [4.78, 5) is 10.5. The van der Waals surface area contributed by atoms with E-state index in [1.165, 1.54) is 16.3 Å². The maximum Gasteiger partial charge on any atom is 0.120 e. The van der Waals surface area contributed by atoms with Gasteiger partial charge >= 0.3 is 0 Å². The third-order valence-electron chi connectivity index (χ3n) is 2.95. The summed E-state index contributed by atoms with van der Waals surface area (Å²) in [5.74, 6) is 0.420. The van der Waals surface area contributed by atoms with Crippen molar-refractivity contribution in [2.45, 2.75) is 19.8 Å². The Labute approximate surface area is 96.1 Å². The van der Waals surface area contributed by atoms with Gasteiger partial charge in [-0.2, -0.15) is 0 Å². The predicted molar refractivity (Wildman–Crippen MR) is 67.5 cm³/mol. The Morgan fingerprint density at radius 3 is 2.69 bits per heavy atom. The molecule has 0 saturated heterocycles. The van der Waals surface area contributed by atoms with Crippen LogP contribution in [-0.4, -0.2) is 6.29 Å². The predicted octanol–water partition coefficient (Wildman–Crippen LogP) is 3.61. The van der Waals surface area contributed by atoms with Crippen LogP contribution in [0.4, 0.5) is 0 Å². The largest absolute Gasteiger partial charge is 0.303 e. The van der Waals surface area contributed by atoms with Crippen molar-refractivity contribution < 1.29 is 4.79 Å². The van der Waals surface area contributed by atoms with Crippen LogP contribution in [-0.2, 0) is 11.2 Å². The molecule has 0 aromatic heterocycles. The Bertz CT molecular complexity index is 482. The molecule has 2 rings (SSSR count). The number of rotatable bonds is 4. The van der Waals surface area contributed by atoms with Crippen molar-refractivity contribution in [1.29, 1.82) is 0 Å². The standard InChI is InChI=1S/C15H16O/c1-12(9-10-16)11-14-7-4-6-13-5-2-3-8-15(13)14/h2-8,10,12H,9,11H2,1H3/t12-/m0/s1. The van der Waals surface area contributed by atoms with Crippen molar-refractivity contribution in [3.8, 4) is 0 Å². The molecule has 0 heterocycles. The number of hydrogen-bond acceptors (Lipinski definition) is 1. The third kappa shape index (κ3) is 2.30. The second-order valence-electron chi connectivity index (χ2n) is 4.35. The molecule has 82 valence electrons. The van der Waals surface area contributed by atoms with Crippen molar-refractivity contribution in [3.63, 3.8) is 0 Å². The summed E-state index contributed by atoms with van der Waals surface area (Å²) >= 11 is 0. The number of fused-ring (bicyclic) bond motifs is 1. The Morgan fingerprint density at radius 2 is 1.88 bits per heavy atom. The molecule has 0 N–H and O–H groups in total. The first-order valence-corrected chi connectivity index (χ1v) is 5.71. The van der Waals surface area contributed by atoms with Crippen molar-refractivity contribution in [3.05, 3.63) is 48.0 Å². The number of benzene rings is 2. The zero-order valence-corrected chi connectivity index (χ0v) is 9.52. The Morgan fingerprint density at radius 1 is 1.12 bits per heavy atom. The average Bonchev–Trinajstić information content (AvgIpc) is 2.30. The molecule has 0 radical (unpaired) electrons. The van der Waals surface area contributed by atoms with Gasteiger partial charge in [0.05, 0.1) is 0 Å². The average molecular weight is 212 g/mol. The van der Waals surface area contributed by atoms with Crippen LogP contribution in [0.25, 0.3) is 10.8 Å². The molecular formula is C15H16O. The van der Waals surface area contributed by atoms with E-state index in [0.717, 1.165) is 12.7 Å². The smallest absolute Gasteiger partial charge is 0.120 e. The van der Waals surface area contributed by atoms with E-state index in [4.69, 9.17) is 0 Å². The van der Waals surface area contributed by atoms with Gasteiger partial charge in [0.2, 0.25) is 0 Å². The topological polar surface area (TPSA) is 17.1 Å². The van der Waals surface area contributed by atoms with Gasteiger partial charge in [0, 0.05) is 6.42 Å². The fourth-order valence-electron chi connectivity index (χ4n) is 2.09. The van der Waals surface area contributed by atoms with E-state index in [-0.39, 0.29) is 0 Å². The highest BCUT2D eigenvalue weighted by atomic mass is 16.1. The molecule has 2 aromatic carbocycles. The molecule has 1 nitrogen and oxygen atoms in total. The summed E-state index contributed by atoms with van der Waals surface area (Å²) in [5.41, 5.74) is 1.34. The molecule has 0 spiro atoms. The highest BCUT2D eigenvalue weighted by Crippen LogP contribution is 2.21. The second kappa shape index (κ2) is 4.93. The maximum atomic E-state index is 10.5. The molecule has 0 saturated carbocycles. The minimum absolute atomic E-state index is 0.420. The van der Waals surface area contributed by atoms with Crippen LogP contribution in [0, 0.1) is 5.92 Å². The van der Waals surface area contributed by atoms with Crippen LogP contribution < -0.4 is 0 Å². The lowest BCUT2D eigenvalue weighted by Gasteiger charge is -2.10. The van der Waals surface area contributed by atoms with Gasteiger partial charge in [-0.25, -0.2) is 0 Å². The summed E-state index contributed by atoms with van der Waals surface area (Å²) in [7, 11) is 0. The summed E-state index contributed by atoms with van der Waals surface area (Å²) in [6.07, 6.45) is 2.62. The molecule has 16 heavy (non-hydrogen) atoms. The summed E-state index contributed by atoms with van der Waals surface area (Å²) in [6, 6.07) is 14.8. The molecule has 0 fully saturated rings. The van der Waals surface area contributed by atoms with Gasteiger partial charge in [-0.15, -0.1) is 0 Å². The van der Waals surface area contributed by atoms with Gasteiger partial charge in [0.15, 0.2) is 0 Å². The molecule has 0 aliphatic carbocycles. The van der Waals surface area contributed by atoms with Crippen molar-refractivity contribution in [2.24, 2.45) is 5.92 Å². The van der Waals surface area contributed by atoms with Crippen molar-refractivity contribution in [2.75, 3.05) is 0 Å². The number of aldehydes is 1. The Balaban J connectivity index is 2.33. The lowest BCUT2D eigenvalue weighted by molar-refractivity contribution is -0.108. The van der Waals surface area contributed by atoms with Gasteiger partial charge in [0.1, 0.15) is 6.29 Å². The third-order valence-corrected chi connectivity index (χ3v) is 2.95. The van der Waals surface area contributed by atoms with Crippen LogP contribution in [0.5, 0.6) is 0 Å². The first-order chi connectivity index (χ1) is 7.81. The lowest BCUT2D eigenvalue weighted by Crippen LogP contribution is -2.00.